The number of halogens is 2. The summed E-state index contributed by atoms with van der Waals surface area (Å²) in [4.78, 5) is 12.7. The summed E-state index contributed by atoms with van der Waals surface area (Å²) in [5.74, 6) is -0.213. The second kappa shape index (κ2) is 4.71. The summed E-state index contributed by atoms with van der Waals surface area (Å²) in [6.45, 7) is 2.59. The second-order valence-corrected chi connectivity index (χ2v) is 5.78. The van der Waals surface area contributed by atoms with E-state index in [2.05, 4.69) is 0 Å². The summed E-state index contributed by atoms with van der Waals surface area (Å²) < 4.78 is 5.96. The van der Waals surface area contributed by atoms with Crippen molar-refractivity contribution in [3.8, 4) is 0 Å². The van der Waals surface area contributed by atoms with Crippen LogP contribution in [0.4, 0.5) is 0 Å². The van der Waals surface area contributed by atoms with Crippen LogP contribution in [0.15, 0.2) is 0 Å². The molecule has 0 aromatic carbocycles. The number of rotatable bonds is 1. The minimum absolute atomic E-state index is 0.0779. The summed E-state index contributed by atoms with van der Waals surface area (Å²) >= 11 is 11.4. The molecule has 1 atom stereocenters. The second-order valence-electron chi connectivity index (χ2n) is 4.68. The SMILES string of the molecule is CC1CN(C(=O)C(Cl)Cl)C2(CCCCC2)O1. The quantitative estimate of drug-likeness (QED) is 0.683. The fraction of sp³-hybridized carbons (Fsp3) is 0.909. The van der Waals surface area contributed by atoms with Crippen LogP contribution >= 0.6 is 23.2 Å². The number of hydrogen-bond donors (Lipinski definition) is 0. The Labute approximate surface area is 106 Å². The maximum atomic E-state index is 11.9. The molecule has 1 heterocycles. The summed E-state index contributed by atoms with van der Waals surface area (Å²) in [7, 11) is 0. The van der Waals surface area contributed by atoms with Gasteiger partial charge in [-0.15, -0.1) is 0 Å². The highest BCUT2D eigenvalue weighted by Crippen LogP contribution is 2.40. The maximum Gasteiger partial charge on any atom is 0.258 e. The van der Waals surface area contributed by atoms with Crippen LogP contribution in [0.1, 0.15) is 39.0 Å². The molecule has 1 amide bonds. The Morgan fingerprint density at radius 3 is 2.56 bits per heavy atom. The van der Waals surface area contributed by atoms with E-state index in [1.807, 2.05) is 6.92 Å². The van der Waals surface area contributed by atoms with Gasteiger partial charge < -0.3 is 9.64 Å². The van der Waals surface area contributed by atoms with E-state index in [4.69, 9.17) is 27.9 Å². The van der Waals surface area contributed by atoms with E-state index >= 15 is 0 Å². The zero-order valence-corrected chi connectivity index (χ0v) is 10.9. The van der Waals surface area contributed by atoms with E-state index in [9.17, 15) is 4.79 Å². The number of carbonyl (C=O) groups is 1. The predicted molar refractivity (Wildman–Crippen MR) is 63.6 cm³/mol. The van der Waals surface area contributed by atoms with Crippen molar-refractivity contribution in [2.45, 2.75) is 55.7 Å². The van der Waals surface area contributed by atoms with E-state index in [1.165, 1.54) is 6.42 Å². The van der Waals surface area contributed by atoms with Crippen molar-refractivity contribution in [3.05, 3.63) is 0 Å². The fourth-order valence-corrected chi connectivity index (χ4v) is 3.04. The molecule has 3 nitrogen and oxygen atoms in total. The highest BCUT2D eigenvalue weighted by atomic mass is 35.5. The minimum Gasteiger partial charge on any atom is -0.351 e. The molecule has 0 aromatic rings. The molecule has 0 N–H and O–H groups in total. The van der Waals surface area contributed by atoms with Gasteiger partial charge in [0, 0.05) is 6.54 Å². The largest absolute Gasteiger partial charge is 0.351 e. The number of nitrogens with zero attached hydrogens (tertiary/aromatic N) is 1. The molecule has 1 unspecified atom stereocenters. The molecule has 1 saturated heterocycles. The van der Waals surface area contributed by atoms with Gasteiger partial charge in [0.2, 0.25) is 0 Å². The van der Waals surface area contributed by atoms with Crippen molar-refractivity contribution in [2.75, 3.05) is 6.54 Å². The molecule has 92 valence electrons. The normalized spacial score (nSPS) is 29.0. The first-order chi connectivity index (χ1) is 7.55. The predicted octanol–water partition coefficient (Wildman–Crippen LogP) is 2.70. The van der Waals surface area contributed by atoms with Gasteiger partial charge >= 0.3 is 0 Å². The van der Waals surface area contributed by atoms with Crippen LogP contribution < -0.4 is 0 Å². The number of carbonyl (C=O) groups excluding carboxylic acids is 1. The number of alkyl halides is 2. The number of amides is 1. The summed E-state index contributed by atoms with van der Waals surface area (Å²) in [6, 6.07) is 0. The molecule has 16 heavy (non-hydrogen) atoms. The zero-order valence-electron chi connectivity index (χ0n) is 9.42. The molecule has 1 saturated carbocycles. The third kappa shape index (κ3) is 2.18. The van der Waals surface area contributed by atoms with E-state index < -0.39 is 10.6 Å². The highest BCUT2D eigenvalue weighted by Gasteiger charge is 2.49. The average molecular weight is 266 g/mol. The van der Waals surface area contributed by atoms with Gasteiger partial charge in [0.05, 0.1) is 6.10 Å². The first-order valence-corrected chi connectivity index (χ1v) is 6.70. The van der Waals surface area contributed by atoms with Crippen molar-refractivity contribution in [1.29, 1.82) is 0 Å². The lowest BCUT2D eigenvalue weighted by Crippen LogP contribution is -2.51. The lowest BCUT2D eigenvalue weighted by molar-refractivity contribution is -0.157. The van der Waals surface area contributed by atoms with Crippen molar-refractivity contribution in [1.82, 2.24) is 4.90 Å². The Kier molecular flexibility index (Phi) is 3.67. The molecule has 2 fully saturated rings. The monoisotopic (exact) mass is 265 g/mol. The van der Waals surface area contributed by atoms with E-state index in [-0.39, 0.29) is 12.0 Å². The van der Waals surface area contributed by atoms with Crippen LogP contribution in [-0.2, 0) is 9.53 Å². The van der Waals surface area contributed by atoms with Crippen LogP contribution in [0, 0.1) is 0 Å². The molecular formula is C11H17Cl2NO2. The molecule has 2 rings (SSSR count). The van der Waals surface area contributed by atoms with Crippen molar-refractivity contribution >= 4 is 29.1 Å². The van der Waals surface area contributed by atoms with Gasteiger partial charge in [-0.2, -0.15) is 0 Å². The molecule has 2 aliphatic rings. The molecule has 1 aliphatic heterocycles. The van der Waals surface area contributed by atoms with Gasteiger partial charge in [0.1, 0.15) is 5.72 Å². The fourth-order valence-electron chi connectivity index (χ4n) is 2.80. The molecule has 0 aromatic heterocycles. The van der Waals surface area contributed by atoms with Gasteiger partial charge in [-0.3, -0.25) is 4.79 Å². The van der Waals surface area contributed by atoms with Gasteiger partial charge in [-0.1, -0.05) is 29.6 Å². The van der Waals surface area contributed by atoms with Crippen LogP contribution in [0.2, 0.25) is 0 Å². The lowest BCUT2D eigenvalue weighted by atomic mass is 9.90. The molecule has 1 aliphatic carbocycles. The average Bonchev–Trinajstić information content (AvgIpc) is 2.55. The number of hydrogen-bond acceptors (Lipinski definition) is 2. The lowest BCUT2D eigenvalue weighted by Gasteiger charge is -2.40. The Balaban J connectivity index is 2.18. The van der Waals surface area contributed by atoms with Crippen LogP contribution in [0.3, 0.4) is 0 Å². The van der Waals surface area contributed by atoms with Gasteiger partial charge in [-0.05, 0) is 32.6 Å². The van der Waals surface area contributed by atoms with E-state index in [1.54, 1.807) is 4.90 Å². The molecular weight excluding hydrogens is 249 g/mol. The van der Waals surface area contributed by atoms with Crippen LogP contribution in [-0.4, -0.2) is 34.0 Å². The Morgan fingerprint density at radius 1 is 1.38 bits per heavy atom. The first-order valence-electron chi connectivity index (χ1n) is 5.83. The van der Waals surface area contributed by atoms with Crippen molar-refractivity contribution < 1.29 is 9.53 Å². The summed E-state index contributed by atoms with van der Waals surface area (Å²) in [6.07, 6.45) is 5.31. The zero-order chi connectivity index (χ0) is 11.8. The minimum atomic E-state index is -0.979. The van der Waals surface area contributed by atoms with Gasteiger partial charge in [-0.25, -0.2) is 0 Å². The molecule has 0 radical (unpaired) electrons. The van der Waals surface area contributed by atoms with Crippen LogP contribution in [0.5, 0.6) is 0 Å². The standard InChI is InChI=1S/C11H17Cl2NO2/c1-8-7-14(10(15)9(12)13)11(16-8)5-3-2-4-6-11/h8-9H,2-7H2,1H3. The third-order valence-electron chi connectivity index (χ3n) is 3.44. The van der Waals surface area contributed by atoms with E-state index in [0.29, 0.717) is 6.54 Å². The molecule has 1 spiro atoms. The third-order valence-corrected chi connectivity index (χ3v) is 3.81. The van der Waals surface area contributed by atoms with Crippen molar-refractivity contribution in [3.63, 3.8) is 0 Å². The summed E-state index contributed by atoms with van der Waals surface area (Å²) in [5.41, 5.74) is -0.420. The molecule has 5 heteroatoms. The highest BCUT2D eigenvalue weighted by molar-refractivity contribution is 6.53. The molecule has 0 bridgehead atoms. The van der Waals surface area contributed by atoms with E-state index in [0.717, 1.165) is 25.7 Å². The Hall–Kier alpha value is 0.01000. The maximum absolute atomic E-state index is 11.9. The smallest absolute Gasteiger partial charge is 0.258 e. The summed E-state index contributed by atoms with van der Waals surface area (Å²) in [5, 5.41) is 0. The topological polar surface area (TPSA) is 29.5 Å². The number of ether oxygens (including phenoxy) is 1. The van der Waals surface area contributed by atoms with Gasteiger partial charge in [0.15, 0.2) is 4.84 Å². The van der Waals surface area contributed by atoms with Crippen LogP contribution in [0.25, 0.3) is 0 Å². The Bertz CT molecular complexity index is 277. The first kappa shape index (κ1) is 12.5. The van der Waals surface area contributed by atoms with Crippen molar-refractivity contribution in [2.24, 2.45) is 0 Å². The Morgan fingerprint density at radius 2 is 2.00 bits per heavy atom. The van der Waals surface area contributed by atoms with Gasteiger partial charge in [0.25, 0.3) is 5.91 Å².